The summed E-state index contributed by atoms with van der Waals surface area (Å²) in [7, 11) is 7.54. The molecule has 0 aliphatic carbocycles. The zero-order valence-electron chi connectivity index (χ0n) is 67.2. The molecule has 117 heavy (non-hydrogen) atoms. The molecule has 21 nitrogen and oxygen atoms in total. The number of rotatable bonds is 9. The van der Waals surface area contributed by atoms with Crippen LogP contribution in [0.3, 0.4) is 0 Å². The summed E-state index contributed by atoms with van der Waals surface area (Å²) in [5, 5.41) is 41.1. The summed E-state index contributed by atoms with van der Waals surface area (Å²) >= 11 is 0. The molecule has 12 heterocycles. The van der Waals surface area contributed by atoms with E-state index in [1.807, 2.05) is 111 Å². The molecule has 0 spiro atoms. The van der Waals surface area contributed by atoms with E-state index in [9.17, 15) is 33.2 Å². The number of nitriles is 1. The lowest BCUT2D eigenvalue weighted by atomic mass is 9.98. The van der Waals surface area contributed by atoms with Crippen LogP contribution in [0.15, 0.2) is 183 Å². The van der Waals surface area contributed by atoms with E-state index in [4.69, 9.17) is 0 Å². The van der Waals surface area contributed by atoms with E-state index in [-0.39, 0.29) is 41.3 Å². The van der Waals surface area contributed by atoms with Gasteiger partial charge in [0.15, 0.2) is 0 Å². The average molecular weight is 1560 g/mol. The first kappa shape index (κ1) is 76.6. The number of aryl methyl sites for hydroxylation is 4. The molecule has 12 aromatic rings. The van der Waals surface area contributed by atoms with Gasteiger partial charge in [0.1, 0.15) is 23.1 Å². The lowest BCUT2D eigenvalue weighted by Gasteiger charge is -2.26. The van der Waals surface area contributed by atoms with Gasteiger partial charge in [-0.3, -0.25) is 37.9 Å². The second-order valence-corrected chi connectivity index (χ2v) is 32.5. The Morgan fingerprint density at radius 3 is 1.08 bits per heavy atom. The number of benzene rings is 8. The largest absolute Gasteiger partial charge is 0.380 e. The van der Waals surface area contributed by atoms with Crippen molar-refractivity contribution in [1.82, 2.24) is 39.1 Å². The maximum Gasteiger partial charge on any atom is 0.264 e. The van der Waals surface area contributed by atoms with Crippen LogP contribution in [0.25, 0.3) is 44.5 Å². The van der Waals surface area contributed by atoms with E-state index in [0.29, 0.717) is 86.2 Å². The number of hydrogen-bond acceptors (Lipinski definition) is 17. The molecule has 8 aliphatic rings. The van der Waals surface area contributed by atoms with Crippen LogP contribution in [0.2, 0.25) is 0 Å². The third kappa shape index (κ3) is 15.7. The quantitative estimate of drug-likeness (QED) is 0.105. The fourth-order valence-corrected chi connectivity index (χ4v) is 18.3. The third-order valence-electron chi connectivity index (χ3n) is 23.6. The van der Waals surface area contributed by atoms with Crippen LogP contribution < -0.4 is 40.9 Å². The smallest absolute Gasteiger partial charge is 0.264 e. The Kier molecular flexibility index (Phi) is 21.0. The normalized spacial score (nSPS) is 18.1. The predicted molar refractivity (Wildman–Crippen MR) is 459 cm³/mol. The highest BCUT2D eigenvalue weighted by molar-refractivity contribution is 5.95. The molecule has 0 amide bonds. The minimum atomic E-state index is -2.59. The average Bonchev–Trinajstić information content (AvgIpc) is 1.65. The predicted octanol–water partition coefficient (Wildman–Crippen LogP) is 17.2. The number of carbonyl (C=O) groups excluding carboxylic acids is 4. The molecule has 0 saturated carbocycles. The maximum absolute atomic E-state index is 14.0. The van der Waals surface area contributed by atoms with Crippen LogP contribution in [0.4, 0.5) is 77.0 Å². The Balaban J connectivity index is 0.000000112. The number of hydrogen-bond donors (Lipinski definition) is 4. The standard InChI is InChI=1S/C24H24F2N4O.C24H23N5O.2C23H24N4O/c1-14-8-18(31)9-16-4-3-5-21(23(16)28-14)30-7-6-15-10-19(17-12-27-29(2)13-17)20(24(25)26)11-22(15)30;1-15-8-20(30)9-17-4-3-5-22(24(17)27-15)29-7-6-16-10-21(18(12-25)11-23(16)29)19-13-26-28(2)14-19;1-15-10-20(28)12-18-4-3-5-22(23(18)25-15)27-9-8-17-11-16(6-7-21(17)27)19-13-24-26(2)14-19;1-15-10-20(28)11-18-4-3-5-21(23(18)25-15)27-9-8-16-6-7-17(12-22(16)27)19-13-24-26(2)14-19/h3-5,10-14,24,28H,6-9H2,1-2H3;3-5,10-11,13-15,27H,6-9H2,1-2H3;3-7,11,13-15,25H,8-10,12H2,1-2H3;3-7,12-15,25H,8-11H2,1-2H3/t14-;3*15-/m1111/s1. The second-order valence-electron chi connectivity index (χ2n) is 32.5. The fraction of sp³-hybridized carbons (Fsp3) is 0.309. The van der Waals surface area contributed by atoms with Crippen LogP contribution in [-0.2, 0) is 98.7 Å². The summed E-state index contributed by atoms with van der Waals surface area (Å²) < 4.78 is 35.1. The van der Waals surface area contributed by atoms with Gasteiger partial charge in [-0.2, -0.15) is 25.7 Å². The van der Waals surface area contributed by atoms with Crippen molar-refractivity contribution in [3.05, 3.63) is 239 Å². The molecular weight excluding hydrogens is 1470 g/mol. The number of carbonyl (C=O) groups is 4. The van der Waals surface area contributed by atoms with Crippen molar-refractivity contribution in [3.63, 3.8) is 0 Å². The maximum atomic E-state index is 14.0. The molecule has 0 fully saturated rings. The van der Waals surface area contributed by atoms with Gasteiger partial charge in [-0.05, 0) is 181 Å². The van der Waals surface area contributed by atoms with Crippen molar-refractivity contribution in [2.24, 2.45) is 28.2 Å². The number of ketones is 4. The summed E-state index contributed by atoms with van der Waals surface area (Å²) in [6.07, 6.45) is 20.2. The molecule has 8 aliphatic heterocycles. The number of alkyl halides is 2. The van der Waals surface area contributed by atoms with Crippen molar-refractivity contribution in [2.45, 2.75) is 135 Å². The van der Waals surface area contributed by atoms with Crippen LogP contribution in [0, 0.1) is 11.3 Å². The zero-order valence-corrected chi connectivity index (χ0v) is 67.2. The summed E-state index contributed by atoms with van der Waals surface area (Å²) in [6.45, 7) is 11.7. The van der Waals surface area contributed by atoms with Crippen LogP contribution in [0.1, 0.15) is 115 Å². The molecule has 4 N–H and O–H groups in total. The van der Waals surface area contributed by atoms with Gasteiger partial charge in [0.2, 0.25) is 0 Å². The summed E-state index contributed by atoms with van der Waals surface area (Å²) in [6, 6.07) is 48.5. The molecule has 0 radical (unpaired) electrons. The van der Waals surface area contributed by atoms with Gasteiger partial charge in [0.25, 0.3) is 6.43 Å². The monoisotopic (exact) mass is 1560 g/mol. The minimum Gasteiger partial charge on any atom is -0.380 e. The molecule has 20 rings (SSSR count). The van der Waals surface area contributed by atoms with Gasteiger partial charge in [0.05, 0.1) is 81.9 Å². The molecule has 594 valence electrons. The Morgan fingerprint density at radius 2 is 0.692 bits per heavy atom. The Hall–Kier alpha value is -13.0. The first-order chi connectivity index (χ1) is 56.6. The number of nitrogens with one attached hydrogen (secondary N) is 4. The number of halogens is 2. The molecule has 0 unspecified atom stereocenters. The molecule has 0 saturated heterocycles. The van der Waals surface area contributed by atoms with E-state index in [1.54, 1.807) is 41.1 Å². The number of aromatic nitrogens is 8. The summed E-state index contributed by atoms with van der Waals surface area (Å²) in [5.74, 6) is 1.08. The van der Waals surface area contributed by atoms with Crippen molar-refractivity contribution in [1.29, 1.82) is 5.26 Å². The highest BCUT2D eigenvalue weighted by Gasteiger charge is 2.34. The Labute approximate surface area is 679 Å². The number of nitrogens with zero attached hydrogens (tertiary/aromatic N) is 13. The van der Waals surface area contributed by atoms with E-state index < -0.39 is 6.43 Å². The lowest BCUT2D eigenvalue weighted by molar-refractivity contribution is -0.119. The number of anilines is 12. The van der Waals surface area contributed by atoms with Gasteiger partial charge in [-0.25, -0.2) is 8.78 Å². The van der Waals surface area contributed by atoms with Gasteiger partial charge in [0, 0.05) is 211 Å². The number of fused-ring (bicyclic) bond motifs is 8. The highest BCUT2D eigenvalue weighted by Crippen LogP contribution is 2.49. The van der Waals surface area contributed by atoms with Crippen molar-refractivity contribution in [3.8, 4) is 50.6 Å². The van der Waals surface area contributed by atoms with Crippen LogP contribution in [0.5, 0.6) is 0 Å². The lowest BCUT2D eigenvalue weighted by Crippen LogP contribution is -2.20. The minimum absolute atomic E-state index is 0.0113. The van der Waals surface area contributed by atoms with E-state index in [2.05, 4.69) is 173 Å². The van der Waals surface area contributed by atoms with E-state index in [0.717, 1.165) is 141 Å². The summed E-state index contributed by atoms with van der Waals surface area (Å²) in [5.41, 5.74) is 30.6. The highest BCUT2D eigenvalue weighted by atomic mass is 19.3. The first-order valence-corrected chi connectivity index (χ1v) is 40.5. The molecule has 8 aromatic carbocycles. The van der Waals surface area contributed by atoms with Gasteiger partial charge < -0.3 is 40.9 Å². The molecule has 4 aromatic heterocycles. The fourth-order valence-electron chi connectivity index (χ4n) is 18.3. The Morgan fingerprint density at radius 1 is 0.359 bits per heavy atom. The van der Waals surface area contributed by atoms with Gasteiger partial charge in [-0.1, -0.05) is 66.7 Å². The molecular formula is C94H95F2N17O4. The van der Waals surface area contributed by atoms with E-state index in [1.165, 1.54) is 50.6 Å². The summed E-state index contributed by atoms with van der Waals surface area (Å²) in [4.78, 5) is 58.1. The van der Waals surface area contributed by atoms with Gasteiger partial charge in [-0.15, -0.1) is 0 Å². The van der Waals surface area contributed by atoms with E-state index >= 15 is 0 Å². The van der Waals surface area contributed by atoms with Crippen LogP contribution in [-0.4, -0.2) is 113 Å². The van der Waals surface area contributed by atoms with Crippen molar-refractivity contribution in [2.75, 3.05) is 67.0 Å². The Bertz CT molecular complexity index is 5940. The molecule has 0 bridgehead atoms. The van der Waals surface area contributed by atoms with Crippen LogP contribution >= 0.6 is 0 Å². The second kappa shape index (κ2) is 32.0. The first-order valence-electron chi connectivity index (χ1n) is 40.5. The SMILES string of the molecule is C[C@@H]1CC(=O)Cc2cccc(N3CCc4cc(-c5cnn(C)c5)c(C#N)cc43)c2N1.C[C@@H]1CC(=O)Cc2cccc(N3CCc4cc(-c5cnn(C)c5)c(C(F)F)cc43)c2N1.C[C@@H]1CC(=O)Cc2cccc(N3CCc4cc(-c5cnn(C)c5)ccc43)c2N1.C[C@@H]1CC(=O)Cc2cccc(N3CCc4ccc(-c5cnn(C)c5)cc43)c2N1. The zero-order chi connectivity index (χ0) is 81.0. The van der Waals surface area contributed by atoms with Gasteiger partial charge >= 0.3 is 0 Å². The third-order valence-corrected chi connectivity index (χ3v) is 23.6. The number of para-hydroxylation sites is 4. The number of Topliss-reactive ketones (excluding diaryl/α,β-unsaturated/α-hetero) is 4. The topological polar surface area (TPSA) is 224 Å². The molecule has 4 atom stereocenters. The van der Waals surface area contributed by atoms with Crippen molar-refractivity contribution >= 4 is 91.4 Å². The van der Waals surface area contributed by atoms with Crippen molar-refractivity contribution < 1.29 is 28.0 Å². The molecule has 23 heteroatoms.